The first-order chi connectivity index (χ1) is 8.26. The van der Waals surface area contributed by atoms with Crippen LogP contribution in [0.3, 0.4) is 0 Å². The SMILES string of the molecule is CCCCCC=O.COC(=O)c1ccccc1. The van der Waals surface area contributed by atoms with E-state index in [4.69, 9.17) is 0 Å². The smallest absolute Gasteiger partial charge is 0.337 e. The van der Waals surface area contributed by atoms with Crippen molar-refractivity contribution in [1.82, 2.24) is 0 Å². The van der Waals surface area contributed by atoms with E-state index in [1.165, 1.54) is 20.0 Å². The van der Waals surface area contributed by atoms with Crippen molar-refractivity contribution in [2.24, 2.45) is 0 Å². The summed E-state index contributed by atoms with van der Waals surface area (Å²) in [4.78, 5) is 20.5. The highest BCUT2D eigenvalue weighted by atomic mass is 16.5. The van der Waals surface area contributed by atoms with Crippen LogP contribution >= 0.6 is 0 Å². The minimum atomic E-state index is -0.291. The average Bonchev–Trinajstić information content (AvgIpc) is 2.40. The van der Waals surface area contributed by atoms with Gasteiger partial charge >= 0.3 is 5.97 Å². The van der Waals surface area contributed by atoms with Crippen molar-refractivity contribution in [3.63, 3.8) is 0 Å². The lowest BCUT2D eigenvalue weighted by Crippen LogP contribution is -1.99. The highest BCUT2D eigenvalue weighted by Gasteiger charge is 2.00. The van der Waals surface area contributed by atoms with Crippen LogP contribution in [-0.4, -0.2) is 19.4 Å². The maximum Gasteiger partial charge on any atom is 0.337 e. The number of methoxy groups -OCH3 is 1. The van der Waals surface area contributed by atoms with Gasteiger partial charge in [0.1, 0.15) is 6.29 Å². The third kappa shape index (κ3) is 8.20. The number of ether oxygens (including phenoxy) is 1. The Morgan fingerprint density at radius 2 is 1.88 bits per heavy atom. The van der Waals surface area contributed by atoms with Gasteiger partial charge in [0.25, 0.3) is 0 Å². The summed E-state index contributed by atoms with van der Waals surface area (Å²) in [6.07, 6.45) is 5.19. The largest absolute Gasteiger partial charge is 0.465 e. The number of aldehydes is 1. The molecule has 0 spiro atoms. The lowest BCUT2D eigenvalue weighted by Gasteiger charge is -1.95. The molecule has 0 radical (unpaired) electrons. The zero-order chi connectivity index (χ0) is 12.9. The molecule has 0 saturated heterocycles. The maximum absolute atomic E-state index is 10.8. The van der Waals surface area contributed by atoms with Crippen molar-refractivity contribution in [1.29, 1.82) is 0 Å². The van der Waals surface area contributed by atoms with Gasteiger partial charge in [0.15, 0.2) is 0 Å². The number of hydrogen-bond acceptors (Lipinski definition) is 3. The first-order valence-electron chi connectivity index (χ1n) is 5.83. The molecule has 0 fully saturated rings. The van der Waals surface area contributed by atoms with Gasteiger partial charge in [-0.2, -0.15) is 0 Å². The molecule has 0 N–H and O–H groups in total. The second kappa shape index (κ2) is 10.9. The molecule has 0 heterocycles. The van der Waals surface area contributed by atoms with E-state index in [2.05, 4.69) is 11.7 Å². The quantitative estimate of drug-likeness (QED) is 0.448. The fourth-order valence-electron chi connectivity index (χ4n) is 1.17. The van der Waals surface area contributed by atoms with Crippen molar-refractivity contribution in [2.75, 3.05) is 7.11 Å². The number of hydrogen-bond donors (Lipinski definition) is 0. The van der Waals surface area contributed by atoms with Gasteiger partial charge in [-0.15, -0.1) is 0 Å². The Morgan fingerprint density at radius 1 is 1.24 bits per heavy atom. The van der Waals surface area contributed by atoms with Crippen molar-refractivity contribution < 1.29 is 14.3 Å². The summed E-state index contributed by atoms with van der Waals surface area (Å²) in [5.41, 5.74) is 0.588. The molecule has 94 valence electrons. The number of benzene rings is 1. The van der Waals surface area contributed by atoms with Gasteiger partial charge in [-0.1, -0.05) is 38.0 Å². The molecule has 1 rings (SSSR count). The van der Waals surface area contributed by atoms with E-state index >= 15 is 0 Å². The molecular formula is C14H20O3. The number of carbonyl (C=O) groups excluding carboxylic acids is 2. The molecule has 0 aromatic heterocycles. The van der Waals surface area contributed by atoms with E-state index in [1.54, 1.807) is 24.3 Å². The summed E-state index contributed by atoms with van der Waals surface area (Å²) >= 11 is 0. The standard InChI is InChI=1S/C8H8O2.C6H12O/c1-10-8(9)7-5-3-2-4-6-7;1-2-3-4-5-6-7/h2-6H,1H3;6H,2-5H2,1H3. The van der Waals surface area contributed by atoms with Crippen LogP contribution in [0.1, 0.15) is 43.0 Å². The number of unbranched alkanes of at least 4 members (excludes halogenated alkanes) is 3. The van der Waals surface area contributed by atoms with Crippen LogP contribution in [0.2, 0.25) is 0 Å². The van der Waals surface area contributed by atoms with Crippen LogP contribution in [0.5, 0.6) is 0 Å². The zero-order valence-electron chi connectivity index (χ0n) is 10.5. The Kier molecular flexibility index (Phi) is 9.82. The second-order valence-corrected chi connectivity index (χ2v) is 3.52. The summed E-state index contributed by atoms with van der Waals surface area (Å²) < 4.78 is 4.50. The lowest BCUT2D eigenvalue weighted by molar-refractivity contribution is -0.107. The Hall–Kier alpha value is -1.64. The fraction of sp³-hybridized carbons (Fsp3) is 0.429. The molecule has 0 bridgehead atoms. The summed E-state index contributed by atoms with van der Waals surface area (Å²) in [6.45, 7) is 2.13. The molecule has 3 heteroatoms. The normalized spacial score (nSPS) is 8.82. The van der Waals surface area contributed by atoms with Crippen LogP contribution in [0, 0.1) is 0 Å². The first-order valence-corrected chi connectivity index (χ1v) is 5.83. The Balaban J connectivity index is 0.000000325. The van der Waals surface area contributed by atoms with Crippen LogP contribution in [0.4, 0.5) is 0 Å². The lowest BCUT2D eigenvalue weighted by atomic mass is 10.2. The van der Waals surface area contributed by atoms with E-state index in [1.807, 2.05) is 6.07 Å². The second-order valence-electron chi connectivity index (χ2n) is 3.52. The molecule has 0 aliphatic rings. The van der Waals surface area contributed by atoms with E-state index in [9.17, 15) is 9.59 Å². The molecule has 0 saturated carbocycles. The minimum absolute atomic E-state index is 0.291. The fourth-order valence-corrected chi connectivity index (χ4v) is 1.17. The molecule has 17 heavy (non-hydrogen) atoms. The third-order valence-corrected chi connectivity index (χ3v) is 2.12. The van der Waals surface area contributed by atoms with Gasteiger partial charge < -0.3 is 9.53 Å². The van der Waals surface area contributed by atoms with Crippen LogP contribution in [0.25, 0.3) is 0 Å². The highest BCUT2D eigenvalue weighted by molar-refractivity contribution is 5.89. The predicted molar refractivity (Wildman–Crippen MR) is 68.0 cm³/mol. The number of esters is 1. The monoisotopic (exact) mass is 236 g/mol. The van der Waals surface area contributed by atoms with Crippen molar-refractivity contribution >= 4 is 12.3 Å². The average molecular weight is 236 g/mol. The van der Waals surface area contributed by atoms with E-state index in [0.29, 0.717) is 5.56 Å². The van der Waals surface area contributed by atoms with Gasteiger partial charge in [-0.3, -0.25) is 0 Å². The van der Waals surface area contributed by atoms with E-state index in [0.717, 1.165) is 19.1 Å². The Morgan fingerprint density at radius 3 is 2.35 bits per heavy atom. The molecule has 0 amide bonds. The van der Waals surface area contributed by atoms with Crippen molar-refractivity contribution in [3.05, 3.63) is 35.9 Å². The molecule has 3 nitrogen and oxygen atoms in total. The summed E-state index contributed by atoms with van der Waals surface area (Å²) in [6, 6.07) is 8.88. The van der Waals surface area contributed by atoms with Crippen molar-refractivity contribution in [3.8, 4) is 0 Å². The summed E-state index contributed by atoms with van der Waals surface area (Å²) in [5.74, 6) is -0.291. The van der Waals surface area contributed by atoms with Crippen molar-refractivity contribution in [2.45, 2.75) is 32.6 Å². The van der Waals surface area contributed by atoms with Gasteiger partial charge in [0.2, 0.25) is 0 Å². The highest BCUT2D eigenvalue weighted by Crippen LogP contribution is 1.98. The van der Waals surface area contributed by atoms with Gasteiger partial charge in [-0.25, -0.2) is 4.79 Å². The summed E-state index contributed by atoms with van der Waals surface area (Å²) in [5, 5.41) is 0. The zero-order valence-corrected chi connectivity index (χ0v) is 10.5. The molecule has 0 aliphatic heterocycles. The maximum atomic E-state index is 10.8. The molecule has 1 aromatic carbocycles. The predicted octanol–water partition coefficient (Wildman–Crippen LogP) is 3.24. The molecule has 0 aliphatic carbocycles. The van der Waals surface area contributed by atoms with Crippen LogP contribution in [-0.2, 0) is 9.53 Å². The molecular weight excluding hydrogens is 216 g/mol. The van der Waals surface area contributed by atoms with E-state index in [-0.39, 0.29) is 5.97 Å². The van der Waals surface area contributed by atoms with Crippen LogP contribution in [0.15, 0.2) is 30.3 Å². The minimum Gasteiger partial charge on any atom is -0.465 e. The Bertz CT molecular complexity index is 307. The van der Waals surface area contributed by atoms with Crippen LogP contribution < -0.4 is 0 Å². The van der Waals surface area contributed by atoms with E-state index < -0.39 is 0 Å². The molecule has 1 aromatic rings. The molecule has 0 atom stereocenters. The molecule has 0 unspecified atom stereocenters. The third-order valence-electron chi connectivity index (χ3n) is 2.12. The van der Waals surface area contributed by atoms with Gasteiger partial charge in [-0.05, 0) is 18.6 Å². The summed E-state index contributed by atoms with van der Waals surface area (Å²) in [7, 11) is 1.37. The van der Waals surface area contributed by atoms with Gasteiger partial charge in [0.05, 0.1) is 12.7 Å². The van der Waals surface area contributed by atoms with Gasteiger partial charge in [0, 0.05) is 6.42 Å². The first kappa shape index (κ1) is 15.4. The number of rotatable bonds is 5. The topological polar surface area (TPSA) is 43.4 Å². The Labute approximate surface area is 103 Å². The number of carbonyl (C=O) groups is 2.